The minimum absolute atomic E-state index is 0.0108. The quantitative estimate of drug-likeness (QED) is 0.772. The number of hydrogen-bond acceptors (Lipinski definition) is 5. The molecule has 0 saturated carbocycles. The fourth-order valence-corrected chi connectivity index (χ4v) is 4.85. The second kappa shape index (κ2) is 6.21. The third-order valence-corrected chi connectivity index (χ3v) is 6.84. The molecular weight excluding hydrogens is 340 g/mol. The first-order valence-corrected chi connectivity index (χ1v) is 10.4. The first kappa shape index (κ1) is 17.9. The molecule has 1 atom stereocenters. The molecule has 1 aromatic rings. The van der Waals surface area contributed by atoms with Gasteiger partial charge in [-0.1, -0.05) is 0 Å². The Morgan fingerprint density at radius 3 is 2.09 bits per heavy atom. The molecule has 1 amide bonds. The minimum Gasteiger partial charge on any atom is -0.347 e. The molecule has 1 fully saturated rings. The van der Waals surface area contributed by atoms with Crippen LogP contribution >= 0.6 is 0 Å². The van der Waals surface area contributed by atoms with Crippen molar-refractivity contribution in [3.63, 3.8) is 0 Å². The van der Waals surface area contributed by atoms with Gasteiger partial charge in [0.1, 0.15) is 6.04 Å². The van der Waals surface area contributed by atoms with Crippen LogP contribution in [0.15, 0.2) is 34.1 Å². The number of sulfonamides is 1. The van der Waals surface area contributed by atoms with E-state index in [4.69, 9.17) is 0 Å². The van der Waals surface area contributed by atoms with E-state index in [1.807, 2.05) is 0 Å². The van der Waals surface area contributed by atoms with E-state index >= 15 is 0 Å². The Kier molecular flexibility index (Phi) is 4.84. The summed E-state index contributed by atoms with van der Waals surface area (Å²) in [4.78, 5) is 13.6. The number of sulfone groups is 1. The number of carbonyl (C=O) groups is 1. The van der Waals surface area contributed by atoms with E-state index in [-0.39, 0.29) is 22.2 Å². The summed E-state index contributed by atoms with van der Waals surface area (Å²) in [5.41, 5.74) is 0. The third kappa shape index (κ3) is 3.56. The summed E-state index contributed by atoms with van der Waals surface area (Å²) < 4.78 is 49.6. The number of carbonyl (C=O) groups excluding carboxylic acids is 1. The molecule has 2 rings (SSSR count). The average molecular weight is 360 g/mol. The van der Waals surface area contributed by atoms with Crippen LogP contribution in [0.5, 0.6) is 0 Å². The molecule has 0 unspecified atom stereocenters. The lowest BCUT2D eigenvalue weighted by Crippen LogP contribution is -2.45. The molecule has 1 aromatic carbocycles. The van der Waals surface area contributed by atoms with Crippen molar-refractivity contribution in [2.45, 2.75) is 28.7 Å². The molecule has 128 valence electrons. The number of hydrogen-bond donors (Lipinski definition) is 0. The Morgan fingerprint density at radius 2 is 1.61 bits per heavy atom. The van der Waals surface area contributed by atoms with Crippen molar-refractivity contribution in [2.75, 3.05) is 26.9 Å². The topological polar surface area (TPSA) is 91.8 Å². The number of amides is 1. The number of benzene rings is 1. The van der Waals surface area contributed by atoms with Crippen LogP contribution in [0.3, 0.4) is 0 Å². The maximum Gasteiger partial charge on any atom is 0.243 e. The van der Waals surface area contributed by atoms with Gasteiger partial charge >= 0.3 is 0 Å². The highest BCUT2D eigenvalue weighted by Crippen LogP contribution is 2.27. The molecule has 1 aliphatic heterocycles. The molecule has 0 N–H and O–H groups in total. The van der Waals surface area contributed by atoms with Crippen LogP contribution in [-0.2, 0) is 24.7 Å². The van der Waals surface area contributed by atoms with Gasteiger partial charge in [-0.05, 0) is 37.1 Å². The summed E-state index contributed by atoms with van der Waals surface area (Å²) in [6, 6.07) is 4.36. The van der Waals surface area contributed by atoms with Crippen molar-refractivity contribution in [3.05, 3.63) is 24.3 Å². The van der Waals surface area contributed by atoms with Gasteiger partial charge in [-0.3, -0.25) is 4.79 Å². The Morgan fingerprint density at radius 1 is 1.09 bits per heavy atom. The van der Waals surface area contributed by atoms with Gasteiger partial charge < -0.3 is 4.90 Å². The second-order valence-electron chi connectivity index (χ2n) is 5.75. The van der Waals surface area contributed by atoms with Crippen molar-refractivity contribution >= 4 is 25.8 Å². The number of likely N-dealkylation sites (N-methyl/N-ethyl adjacent to an activating group) is 1. The van der Waals surface area contributed by atoms with Gasteiger partial charge in [-0.25, -0.2) is 16.8 Å². The monoisotopic (exact) mass is 360 g/mol. The second-order valence-corrected chi connectivity index (χ2v) is 9.66. The smallest absolute Gasteiger partial charge is 0.243 e. The van der Waals surface area contributed by atoms with Gasteiger partial charge in [0, 0.05) is 26.9 Å². The molecule has 0 radical (unpaired) electrons. The highest BCUT2D eigenvalue weighted by Gasteiger charge is 2.40. The van der Waals surface area contributed by atoms with Crippen LogP contribution in [-0.4, -0.2) is 64.9 Å². The van der Waals surface area contributed by atoms with E-state index in [9.17, 15) is 21.6 Å². The molecule has 0 bridgehead atoms. The van der Waals surface area contributed by atoms with E-state index in [2.05, 4.69) is 0 Å². The lowest BCUT2D eigenvalue weighted by atomic mass is 10.2. The van der Waals surface area contributed by atoms with Gasteiger partial charge in [-0.2, -0.15) is 4.31 Å². The zero-order valence-corrected chi connectivity index (χ0v) is 14.9. The van der Waals surface area contributed by atoms with E-state index in [1.54, 1.807) is 14.1 Å². The van der Waals surface area contributed by atoms with Crippen molar-refractivity contribution < 1.29 is 21.6 Å². The number of nitrogens with zero attached hydrogens (tertiary/aromatic N) is 2. The highest BCUT2D eigenvalue weighted by atomic mass is 32.2. The maximum absolute atomic E-state index is 12.7. The summed E-state index contributed by atoms with van der Waals surface area (Å²) in [7, 11) is -4.05. The van der Waals surface area contributed by atoms with E-state index in [1.165, 1.54) is 33.5 Å². The van der Waals surface area contributed by atoms with Crippen LogP contribution in [0.2, 0.25) is 0 Å². The molecular formula is C14H20N2O5S2. The molecule has 0 aromatic heterocycles. The third-order valence-electron chi connectivity index (χ3n) is 3.79. The van der Waals surface area contributed by atoms with E-state index in [0.717, 1.165) is 6.26 Å². The van der Waals surface area contributed by atoms with Gasteiger partial charge in [0.25, 0.3) is 0 Å². The van der Waals surface area contributed by atoms with Gasteiger partial charge in [0.15, 0.2) is 9.84 Å². The Labute approximate surface area is 136 Å². The van der Waals surface area contributed by atoms with Crippen LogP contribution in [0.4, 0.5) is 0 Å². The van der Waals surface area contributed by atoms with Crippen LogP contribution in [0.1, 0.15) is 12.8 Å². The molecule has 1 heterocycles. The van der Waals surface area contributed by atoms with Crippen molar-refractivity contribution in [1.29, 1.82) is 0 Å². The average Bonchev–Trinajstić information content (AvgIpc) is 2.95. The molecule has 23 heavy (non-hydrogen) atoms. The summed E-state index contributed by atoms with van der Waals surface area (Å²) in [5.74, 6) is -0.251. The fourth-order valence-electron chi connectivity index (χ4n) is 2.57. The maximum atomic E-state index is 12.7. The van der Waals surface area contributed by atoms with Crippen LogP contribution in [0, 0.1) is 0 Å². The van der Waals surface area contributed by atoms with Gasteiger partial charge in [-0.15, -0.1) is 0 Å². The Hall–Kier alpha value is -1.45. The minimum atomic E-state index is -3.84. The van der Waals surface area contributed by atoms with E-state index in [0.29, 0.717) is 12.8 Å². The van der Waals surface area contributed by atoms with Gasteiger partial charge in [0.05, 0.1) is 9.79 Å². The standard InChI is InChI=1S/C14H20N2O5S2/c1-15(2)14(17)13-5-4-10-16(13)23(20,21)12-8-6-11(7-9-12)22(3,18)19/h6-9,13H,4-5,10H2,1-3H3/t13-/m0/s1. The summed E-state index contributed by atoms with van der Waals surface area (Å²) >= 11 is 0. The first-order chi connectivity index (χ1) is 10.5. The predicted octanol–water partition coefficient (Wildman–Crippen LogP) is 0.331. The first-order valence-electron chi connectivity index (χ1n) is 7.08. The summed E-state index contributed by atoms with van der Waals surface area (Å²) in [6.07, 6.45) is 2.16. The highest BCUT2D eigenvalue weighted by molar-refractivity contribution is 7.90. The largest absolute Gasteiger partial charge is 0.347 e. The Bertz CT molecular complexity index is 798. The molecule has 0 spiro atoms. The zero-order valence-electron chi connectivity index (χ0n) is 13.3. The van der Waals surface area contributed by atoms with Crippen molar-refractivity contribution in [2.24, 2.45) is 0 Å². The molecule has 0 aliphatic carbocycles. The SMILES string of the molecule is CN(C)C(=O)[C@@H]1CCCN1S(=O)(=O)c1ccc(S(C)(=O)=O)cc1. The Balaban J connectivity index is 2.36. The fraction of sp³-hybridized carbons (Fsp3) is 0.500. The summed E-state index contributed by atoms with van der Waals surface area (Å²) in [5, 5.41) is 0. The molecule has 7 nitrogen and oxygen atoms in total. The van der Waals surface area contributed by atoms with Crippen molar-refractivity contribution in [3.8, 4) is 0 Å². The number of rotatable bonds is 4. The van der Waals surface area contributed by atoms with Crippen molar-refractivity contribution in [1.82, 2.24) is 9.21 Å². The van der Waals surface area contributed by atoms with Crippen LogP contribution < -0.4 is 0 Å². The van der Waals surface area contributed by atoms with Crippen LogP contribution in [0.25, 0.3) is 0 Å². The molecule has 1 aliphatic rings. The van der Waals surface area contributed by atoms with Gasteiger partial charge in [0.2, 0.25) is 15.9 Å². The molecule has 9 heteroatoms. The van der Waals surface area contributed by atoms with E-state index < -0.39 is 25.9 Å². The normalized spacial score (nSPS) is 19.7. The predicted molar refractivity (Wildman–Crippen MR) is 85.2 cm³/mol. The lowest BCUT2D eigenvalue weighted by Gasteiger charge is -2.25. The summed E-state index contributed by atoms with van der Waals surface area (Å²) in [6.45, 7) is 0.278. The zero-order chi connectivity index (χ0) is 17.4. The lowest BCUT2D eigenvalue weighted by molar-refractivity contribution is -0.132. The molecule has 1 saturated heterocycles.